The van der Waals surface area contributed by atoms with Crippen LogP contribution in [-0.2, 0) is 0 Å². The molecule has 7 nitrogen and oxygen atoms in total. The number of aromatic nitrogens is 3. The van der Waals surface area contributed by atoms with Gasteiger partial charge in [0.15, 0.2) is 5.69 Å². The SMILES string of the molecule is COc1cc(-c2n[nH]cc2[N+](=O)[O-])ccn1. The van der Waals surface area contributed by atoms with Crippen LogP contribution in [0.5, 0.6) is 5.88 Å². The van der Waals surface area contributed by atoms with Gasteiger partial charge in [-0.3, -0.25) is 15.2 Å². The van der Waals surface area contributed by atoms with Gasteiger partial charge in [0.1, 0.15) is 6.20 Å². The lowest BCUT2D eigenvalue weighted by Crippen LogP contribution is -1.91. The standard InChI is InChI=1S/C9H8N4O3/c1-16-8-4-6(2-3-10-8)9-7(13(14)15)5-11-12-9/h2-5H,1H3,(H,11,12). The third-order valence-electron chi connectivity index (χ3n) is 2.03. The number of methoxy groups -OCH3 is 1. The van der Waals surface area contributed by atoms with Crippen LogP contribution in [0, 0.1) is 10.1 Å². The highest BCUT2D eigenvalue weighted by molar-refractivity contribution is 5.69. The Balaban J connectivity index is 2.50. The van der Waals surface area contributed by atoms with Gasteiger partial charge in [-0.25, -0.2) is 4.98 Å². The minimum Gasteiger partial charge on any atom is -0.481 e. The van der Waals surface area contributed by atoms with Gasteiger partial charge in [0.05, 0.1) is 12.0 Å². The molecule has 0 atom stereocenters. The minimum absolute atomic E-state index is 0.0757. The third-order valence-corrected chi connectivity index (χ3v) is 2.03. The zero-order chi connectivity index (χ0) is 11.5. The number of hydrogen-bond donors (Lipinski definition) is 1. The number of hydrogen-bond acceptors (Lipinski definition) is 5. The number of aromatic amines is 1. The fourth-order valence-corrected chi connectivity index (χ4v) is 1.30. The molecule has 0 saturated heterocycles. The summed E-state index contributed by atoms with van der Waals surface area (Å²) in [6.45, 7) is 0. The number of nitro groups is 1. The van der Waals surface area contributed by atoms with Crippen molar-refractivity contribution in [1.82, 2.24) is 15.2 Å². The van der Waals surface area contributed by atoms with Crippen molar-refractivity contribution >= 4 is 5.69 Å². The highest BCUT2D eigenvalue weighted by Crippen LogP contribution is 2.28. The molecule has 0 spiro atoms. The number of nitrogens with one attached hydrogen (secondary N) is 1. The van der Waals surface area contributed by atoms with Gasteiger partial charge in [0.25, 0.3) is 0 Å². The molecule has 1 N–H and O–H groups in total. The van der Waals surface area contributed by atoms with Crippen LogP contribution in [-0.4, -0.2) is 27.2 Å². The average Bonchev–Trinajstić information content (AvgIpc) is 2.78. The Kier molecular flexibility index (Phi) is 2.50. The van der Waals surface area contributed by atoms with E-state index in [1.807, 2.05) is 0 Å². The number of H-pyrrole nitrogens is 1. The highest BCUT2D eigenvalue weighted by atomic mass is 16.6. The van der Waals surface area contributed by atoms with E-state index in [0.717, 1.165) is 0 Å². The van der Waals surface area contributed by atoms with Crippen molar-refractivity contribution in [2.24, 2.45) is 0 Å². The van der Waals surface area contributed by atoms with E-state index in [0.29, 0.717) is 11.4 Å². The van der Waals surface area contributed by atoms with Crippen molar-refractivity contribution in [3.05, 3.63) is 34.6 Å². The molecular weight excluding hydrogens is 212 g/mol. The Morgan fingerprint density at radius 3 is 3.06 bits per heavy atom. The molecule has 2 rings (SSSR count). The topological polar surface area (TPSA) is 93.9 Å². The summed E-state index contributed by atoms with van der Waals surface area (Å²) in [6, 6.07) is 3.22. The van der Waals surface area contributed by atoms with E-state index in [4.69, 9.17) is 4.74 Å². The molecule has 0 aliphatic carbocycles. The molecule has 2 aromatic rings. The zero-order valence-corrected chi connectivity index (χ0v) is 8.38. The maximum Gasteiger partial charge on any atom is 0.314 e. The van der Waals surface area contributed by atoms with Crippen LogP contribution in [0.2, 0.25) is 0 Å². The molecule has 2 heterocycles. The summed E-state index contributed by atoms with van der Waals surface area (Å²) in [5.41, 5.74) is 0.777. The average molecular weight is 220 g/mol. The second kappa shape index (κ2) is 3.97. The molecule has 0 bridgehead atoms. The molecule has 2 aromatic heterocycles. The second-order valence-electron chi connectivity index (χ2n) is 2.96. The van der Waals surface area contributed by atoms with Crippen LogP contribution in [0.4, 0.5) is 5.69 Å². The predicted octanol–water partition coefficient (Wildman–Crippen LogP) is 1.39. The van der Waals surface area contributed by atoms with Crippen molar-refractivity contribution in [3.63, 3.8) is 0 Å². The van der Waals surface area contributed by atoms with E-state index in [1.165, 1.54) is 19.5 Å². The number of pyridine rings is 1. The van der Waals surface area contributed by atoms with Crippen molar-refractivity contribution in [2.75, 3.05) is 7.11 Å². The van der Waals surface area contributed by atoms with Gasteiger partial charge >= 0.3 is 5.69 Å². The van der Waals surface area contributed by atoms with Crippen molar-refractivity contribution in [1.29, 1.82) is 0 Å². The Hall–Kier alpha value is -2.44. The van der Waals surface area contributed by atoms with E-state index in [9.17, 15) is 10.1 Å². The molecule has 0 amide bonds. The first-order chi connectivity index (χ1) is 7.72. The van der Waals surface area contributed by atoms with Gasteiger partial charge in [-0.15, -0.1) is 0 Å². The number of ether oxygens (including phenoxy) is 1. The van der Waals surface area contributed by atoms with Crippen LogP contribution >= 0.6 is 0 Å². The minimum atomic E-state index is -0.494. The zero-order valence-electron chi connectivity index (χ0n) is 8.38. The normalized spacial score (nSPS) is 10.1. The Labute approximate surface area is 90.2 Å². The summed E-state index contributed by atoms with van der Waals surface area (Å²) < 4.78 is 4.93. The lowest BCUT2D eigenvalue weighted by atomic mass is 10.2. The first kappa shape index (κ1) is 10.1. The molecule has 0 unspecified atom stereocenters. The molecular formula is C9H8N4O3. The Morgan fingerprint density at radius 2 is 2.38 bits per heavy atom. The molecule has 0 aliphatic heterocycles. The van der Waals surface area contributed by atoms with Crippen LogP contribution in [0.25, 0.3) is 11.3 Å². The monoisotopic (exact) mass is 220 g/mol. The summed E-state index contributed by atoms with van der Waals surface area (Å²) in [5.74, 6) is 0.384. The van der Waals surface area contributed by atoms with Gasteiger partial charge in [-0.2, -0.15) is 5.10 Å². The molecule has 82 valence electrons. The molecule has 16 heavy (non-hydrogen) atoms. The lowest BCUT2D eigenvalue weighted by Gasteiger charge is -2.00. The first-order valence-electron chi connectivity index (χ1n) is 4.41. The van der Waals surface area contributed by atoms with E-state index in [2.05, 4.69) is 15.2 Å². The molecule has 0 fully saturated rings. The van der Waals surface area contributed by atoms with Crippen LogP contribution in [0.1, 0.15) is 0 Å². The lowest BCUT2D eigenvalue weighted by molar-refractivity contribution is -0.384. The molecule has 0 radical (unpaired) electrons. The fourth-order valence-electron chi connectivity index (χ4n) is 1.30. The second-order valence-corrected chi connectivity index (χ2v) is 2.96. The largest absolute Gasteiger partial charge is 0.481 e. The fraction of sp³-hybridized carbons (Fsp3) is 0.111. The molecule has 0 aromatic carbocycles. The summed E-state index contributed by atoms with van der Waals surface area (Å²) in [6.07, 6.45) is 2.74. The van der Waals surface area contributed by atoms with Gasteiger partial charge in [0.2, 0.25) is 5.88 Å². The van der Waals surface area contributed by atoms with Gasteiger partial charge in [0, 0.05) is 17.8 Å². The van der Waals surface area contributed by atoms with Gasteiger partial charge < -0.3 is 4.74 Å². The van der Waals surface area contributed by atoms with E-state index >= 15 is 0 Å². The van der Waals surface area contributed by atoms with Crippen LogP contribution in [0.15, 0.2) is 24.5 Å². The predicted molar refractivity (Wildman–Crippen MR) is 55.0 cm³/mol. The van der Waals surface area contributed by atoms with Gasteiger partial charge in [-0.05, 0) is 6.07 Å². The maximum atomic E-state index is 10.7. The molecule has 0 aliphatic rings. The smallest absolute Gasteiger partial charge is 0.314 e. The number of nitrogens with zero attached hydrogens (tertiary/aromatic N) is 3. The Bertz CT molecular complexity index is 523. The van der Waals surface area contributed by atoms with Crippen molar-refractivity contribution in [3.8, 4) is 17.1 Å². The molecule has 0 saturated carbocycles. The summed E-state index contributed by atoms with van der Waals surface area (Å²) >= 11 is 0. The van der Waals surface area contributed by atoms with Gasteiger partial charge in [-0.1, -0.05) is 0 Å². The van der Waals surface area contributed by atoms with Crippen molar-refractivity contribution in [2.45, 2.75) is 0 Å². The summed E-state index contributed by atoms with van der Waals surface area (Å²) in [7, 11) is 1.48. The quantitative estimate of drug-likeness (QED) is 0.623. The van der Waals surface area contributed by atoms with Crippen LogP contribution in [0.3, 0.4) is 0 Å². The van der Waals surface area contributed by atoms with E-state index in [-0.39, 0.29) is 11.4 Å². The maximum absolute atomic E-state index is 10.7. The molecule has 7 heteroatoms. The summed E-state index contributed by atoms with van der Waals surface area (Å²) in [5, 5.41) is 17.0. The van der Waals surface area contributed by atoms with E-state index < -0.39 is 4.92 Å². The Morgan fingerprint density at radius 1 is 1.56 bits per heavy atom. The number of rotatable bonds is 3. The highest BCUT2D eigenvalue weighted by Gasteiger charge is 2.18. The van der Waals surface area contributed by atoms with Crippen molar-refractivity contribution < 1.29 is 9.66 Å². The first-order valence-corrected chi connectivity index (χ1v) is 4.41. The van der Waals surface area contributed by atoms with Crippen LogP contribution < -0.4 is 4.74 Å². The van der Waals surface area contributed by atoms with E-state index in [1.54, 1.807) is 12.1 Å². The summed E-state index contributed by atoms with van der Waals surface area (Å²) in [4.78, 5) is 14.1. The third kappa shape index (κ3) is 1.70.